The van der Waals surface area contributed by atoms with Crippen molar-refractivity contribution in [3.05, 3.63) is 64.7 Å². The molecular weight excluding hydrogens is 432 g/mol. The Kier molecular flexibility index (Phi) is 6.62. The van der Waals surface area contributed by atoms with Gasteiger partial charge in [0.1, 0.15) is 12.0 Å². The summed E-state index contributed by atoms with van der Waals surface area (Å²) in [6.45, 7) is 4.45. The van der Waals surface area contributed by atoms with E-state index >= 15 is 0 Å². The number of hydrazine groups is 1. The van der Waals surface area contributed by atoms with Crippen LogP contribution in [0.3, 0.4) is 0 Å². The van der Waals surface area contributed by atoms with Crippen LogP contribution in [-0.4, -0.2) is 34.9 Å². The van der Waals surface area contributed by atoms with Gasteiger partial charge in [-0.15, -0.1) is 0 Å². The van der Waals surface area contributed by atoms with Crippen LogP contribution in [-0.2, 0) is 11.3 Å². The molecule has 3 atom stereocenters. The van der Waals surface area contributed by atoms with E-state index in [-0.39, 0.29) is 29.8 Å². The maximum Gasteiger partial charge on any atom is 0.230 e. The van der Waals surface area contributed by atoms with Crippen molar-refractivity contribution in [2.45, 2.75) is 32.6 Å². The average molecular weight is 457 g/mol. The number of hydrogen-bond donors (Lipinski definition) is 4. The largest absolute Gasteiger partial charge is 0.351 e. The van der Waals surface area contributed by atoms with Crippen molar-refractivity contribution in [3.8, 4) is 0 Å². The van der Waals surface area contributed by atoms with E-state index in [1.165, 1.54) is 11.8 Å². The molecule has 0 bridgehead atoms. The Hall–Kier alpha value is -2.39. The lowest BCUT2D eigenvalue weighted by Crippen LogP contribution is -2.50. The first-order valence-electron chi connectivity index (χ1n) is 10.1. The molecule has 0 saturated carbocycles. The van der Waals surface area contributed by atoms with Crippen molar-refractivity contribution < 1.29 is 4.79 Å². The van der Waals surface area contributed by atoms with Gasteiger partial charge in [-0.1, -0.05) is 53.7 Å². The van der Waals surface area contributed by atoms with Crippen molar-refractivity contribution in [1.82, 2.24) is 16.2 Å². The van der Waals surface area contributed by atoms with E-state index in [1.54, 1.807) is 0 Å². The van der Waals surface area contributed by atoms with E-state index in [1.807, 2.05) is 67.3 Å². The van der Waals surface area contributed by atoms with Crippen LogP contribution < -0.4 is 21.1 Å². The second-order valence-electron chi connectivity index (χ2n) is 7.66. The number of amidine groups is 2. The highest BCUT2D eigenvalue weighted by Gasteiger charge is 2.43. The van der Waals surface area contributed by atoms with Gasteiger partial charge in [-0.05, 0) is 43.2 Å². The Labute approximate surface area is 191 Å². The van der Waals surface area contributed by atoms with Crippen molar-refractivity contribution in [2.24, 2.45) is 10.9 Å². The Morgan fingerprint density at radius 1 is 1.26 bits per heavy atom. The molecule has 0 radical (unpaired) electrons. The smallest absolute Gasteiger partial charge is 0.230 e. The van der Waals surface area contributed by atoms with Crippen LogP contribution in [0.4, 0.5) is 5.69 Å². The molecule has 3 unspecified atom stereocenters. The van der Waals surface area contributed by atoms with Crippen molar-refractivity contribution in [1.29, 1.82) is 5.41 Å². The van der Waals surface area contributed by atoms with Gasteiger partial charge in [-0.2, -0.15) is 0 Å². The number of nitrogens with zero attached hydrogens (tertiary/aromatic N) is 2. The molecule has 2 aromatic carbocycles. The molecule has 0 spiro atoms. The van der Waals surface area contributed by atoms with Crippen LogP contribution >= 0.6 is 23.4 Å². The van der Waals surface area contributed by atoms with Crippen molar-refractivity contribution in [3.63, 3.8) is 0 Å². The van der Waals surface area contributed by atoms with Gasteiger partial charge in [0, 0.05) is 23.3 Å². The van der Waals surface area contributed by atoms with Crippen molar-refractivity contribution in [2.75, 3.05) is 10.7 Å². The maximum atomic E-state index is 12.5. The summed E-state index contributed by atoms with van der Waals surface area (Å²) >= 11 is 7.54. The van der Waals surface area contributed by atoms with Crippen LogP contribution in [0.2, 0.25) is 5.02 Å². The molecule has 7 nitrogen and oxygen atoms in total. The minimum absolute atomic E-state index is 0.0675. The van der Waals surface area contributed by atoms with E-state index in [4.69, 9.17) is 22.0 Å². The van der Waals surface area contributed by atoms with E-state index in [0.29, 0.717) is 22.6 Å². The molecular formula is C22H25ClN6OS. The number of hydrogen-bond acceptors (Lipinski definition) is 6. The molecule has 2 aromatic rings. The highest BCUT2D eigenvalue weighted by Crippen LogP contribution is 2.33. The summed E-state index contributed by atoms with van der Waals surface area (Å²) in [7, 11) is 0. The molecule has 0 aromatic heterocycles. The van der Waals surface area contributed by atoms with Crippen LogP contribution in [0.25, 0.3) is 0 Å². The molecule has 2 aliphatic heterocycles. The summed E-state index contributed by atoms with van der Waals surface area (Å²) in [4.78, 5) is 19.1. The minimum Gasteiger partial charge on any atom is -0.351 e. The number of halogens is 1. The Balaban J connectivity index is 1.51. The fourth-order valence-corrected chi connectivity index (χ4v) is 4.70. The van der Waals surface area contributed by atoms with E-state index in [2.05, 4.69) is 16.2 Å². The normalized spacial score (nSPS) is 22.8. The molecule has 9 heteroatoms. The number of rotatable bonds is 5. The second-order valence-corrected chi connectivity index (χ2v) is 9.01. The molecule has 4 N–H and O–H groups in total. The van der Waals surface area contributed by atoms with E-state index < -0.39 is 0 Å². The number of carbonyl (C=O) groups is 1. The maximum absolute atomic E-state index is 12.5. The van der Waals surface area contributed by atoms with Crippen LogP contribution in [0.1, 0.15) is 18.1 Å². The standard InChI is InChI=1S/C22H25ClN6OS/c1-13-10-16(8-9-17(13)23)29-20(24)19-14(2)27-28-21(19)26-22(29)31-12-18(30)25-11-15-6-4-3-5-7-15/h3-10,14,19,21,24,27-28H,11-12H2,1-2H3,(H,25,30). The summed E-state index contributed by atoms with van der Waals surface area (Å²) < 4.78 is 0. The zero-order valence-electron chi connectivity index (χ0n) is 17.4. The zero-order chi connectivity index (χ0) is 22.0. The average Bonchev–Trinajstić information content (AvgIpc) is 3.14. The second kappa shape index (κ2) is 9.40. The zero-order valence-corrected chi connectivity index (χ0v) is 18.9. The number of thioether (sulfide) groups is 1. The SMILES string of the molecule is Cc1cc(N2C(=N)C3C(C)NNC3N=C2SCC(=O)NCc2ccccc2)ccc1Cl. The van der Waals surface area contributed by atoms with Crippen LogP contribution in [0.15, 0.2) is 53.5 Å². The van der Waals surface area contributed by atoms with Gasteiger partial charge in [0.2, 0.25) is 5.91 Å². The predicted octanol–water partition coefficient (Wildman–Crippen LogP) is 3.29. The molecule has 4 rings (SSSR count). The lowest BCUT2D eigenvalue weighted by molar-refractivity contribution is -0.118. The first-order valence-corrected chi connectivity index (χ1v) is 11.5. The first kappa shape index (κ1) is 21.8. The molecule has 31 heavy (non-hydrogen) atoms. The van der Waals surface area contributed by atoms with Gasteiger partial charge in [0.05, 0.1) is 11.7 Å². The third kappa shape index (κ3) is 4.77. The van der Waals surface area contributed by atoms with Gasteiger partial charge < -0.3 is 5.32 Å². The molecule has 162 valence electrons. The highest BCUT2D eigenvalue weighted by molar-refractivity contribution is 8.14. The van der Waals surface area contributed by atoms with Gasteiger partial charge in [0.25, 0.3) is 0 Å². The lowest BCUT2D eigenvalue weighted by Gasteiger charge is -2.36. The van der Waals surface area contributed by atoms with Gasteiger partial charge in [0.15, 0.2) is 5.17 Å². The van der Waals surface area contributed by atoms with Gasteiger partial charge in [-0.25, -0.2) is 10.4 Å². The number of fused-ring (bicyclic) bond motifs is 1. The summed E-state index contributed by atoms with van der Waals surface area (Å²) in [5, 5.41) is 13.1. The van der Waals surface area contributed by atoms with Crippen LogP contribution in [0, 0.1) is 18.3 Å². The van der Waals surface area contributed by atoms with Crippen LogP contribution in [0.5, 0.6) is 0 Å². The predicted molar refractivity (Wildman–Crippen MR) is 128 cm³/mol. The van der Waals surface area contributed by atoms with E-state index in [0.717, 1.165) is 16.8 Å². The van der Waals surface area contributed by atoms with Gasteiger partial charge in [-0.3, -0.25) is 20.5 Å². The third-order valence-electron chi connectivity index (χ3n) is 5.40. The number of aryl methyl sites for hydroxylation is 1. The number of anilines is 1. The number of carbonyl (C=O) groups excluding carboxylic acids is 1. The Morgan fingerprint density at radius 3 is 2.77 bits per heavy atom. The molecule has 1 amide bonds. The number of aliphatic imine (C=N–C) groups is 1. The first-order chi connectivity index (χ1) is 14.9. The van der Waals surface area contributed by atoms with E-state index in [9.17, 15) is 4.79 Å². The molecule has 0 aliphatic carbocycles. The van der Waals surface area contributed by atoms with Gasteiger partial charge >= 0.3 is 0 Å². The fourth-order valence-electron chi connectivity index (χ4n) is 3.69. The molecule has 1 saturated heterocycles. The highest BCUT2D eigenvalue weighted by atomic mass is 35.5. The monoisotopic (exact) mass is 456 g/mol. The Morgan fingerprint density at radius 2 is 2.03 bits per heavy atom. The molecule has 2 heterocycles. The lowest BCUT2D eigenvalue weighted by atomic mass is 9.97. The molecule has 2 aliphatic rings. The number of benzene rings is 2. The summed E-state index contributed by atoms with van der Waals surface area (Å²) in [6.07, 6.45) is -0.234. The summed E-state index contributed by atoms with van der Waals surface area (Å²) in [5.74, 6) is 0.469. The van der Waals surface area contributed by atoms with Crippen molar-refractivity contribution >= 4 is 46.0 Å². The summed E-state index contributed by atoms with van der Waals surface area (Å²) in [5.41, 5.74) is 9.13. The third-order valence-corrected chi connectivity index (χ3v) is 6.78. The molecule has 1 fully saturated rings. The number of amides is 1. The quantitative estimate of drug-likeness (QED) is 0.554. The summed E-state index contributed by atoms with van der Waals surface area (Å²) in [6, 6.07) is 15.5. The topological polar surface area (TPSA) is 92.6 Å². The fraction of sp³-hybridized carbons (Fsp3) is 0.318. The number of nitrogens with one attached hydrogen (secondary N) is 4. The Bertz CT molecular complexity index is 1010. The minimum atomic E-state index is -0.234.